The molecule has 26 heavy (non-hydrogen) atoms. The fraction of sp³-hybridized carbons (Fsp3) is 0.211. The molecule has 0 aliphatic carbocycles. The van der Waals surface area contributed by atoms with Gasteiger partial charge in [-0.2, -0.15) is 0 Å². The molecular weight excluding hydrogens is 334 g/mol. The maximum atomic E-state index is 12.8. The third kappa shape index (κ3) is 4.07. The predicted molar refractivity (Wildman–Crippen MR) is 96.4 cm³/mol. The summed E-state index contributed by atoms with van der Waals surface area (Å²) in [6.45, 7) is 1.77. The van der Waals surface area contributed by atoms with Gasteiger partial charge in [-0.25, -0.2) is 5.48 Å². The summed E-state index contributed by atoms with van der Waals surface area (Å²) in [5, 5.41) is 11.2. The van der Waals surface area contributed by atoms with Gasteiger partial charge < -0.3 is 10.2 Å². The lowest BCUT2D eigenvalue weighted by Gasteiger charge is -2.28. The lowest BCUT2D eigenvalue weighted by Crippen LogP contribution is -2.56. The molecule has 3 N–H and O–H groups in total. The van der Waals surface area contributed by atoms with Crippen molar-refractivity contribution in [2.45, 2.75) is 13.0 Å². The van der Waals surface area contributed by atoms with Crippen molar-refractivity contribution in [2.24, 2.45) is 0 Å². The van der Waals surface area contributed by atoms with Crippen LogP contribution in [0.4, 0.5) is 0 Å². The van der Waals surface area contributed by atoms with E-state index in [-0.39, 0.29) is 6.54 Å². The van der Waals surface area contributed by atoms with Crippen LogP contribution in [0.2, 0.25) is 0 Å². The number of benzene rings is 2. The van der Waals surface area contributed by atoms with Crippen molar-refractivity contribution in [3.63, 3.8) is 0 Å². The first kappa shape index (κ1) is 19.1. The number of amides is 3. The van der Waals surface area contributed by atoms with Crippen LogP contribution in [0.5, 0.6) is 0 Å². The fourth-order valence-corrected chi connectivity index (χ4v) is 2.65. The van der Waals surface area contributed by atoms with E-state index in [0.717, 1.165) is 16.0 Å². The molecule has 0 radical (unpaired) electrons. The van der Waals surface area contributed by atoms with Gasteiger partial charge in [-0.3, -0.25) is 19.6 Å². The summed E-state index contributed by atoms with van der Waals surface area (Å²) in [7, 11) is 1.35. The second-order valence-electron chi connectivity index (χ2n) is 5.53. The van der Waals surface area contributed by atoms with Crippen molar-refractivity contribution in [1.82, 2.24) is 15.7 Å². The highest BCUT2D eigenvalue weighted by Crippen LogP contribution is 2.20. The lowest BCUT2D eigenvalue weighted by molar-refractivity contribution is -0.141. The number of rotatable bonds is 6. The van der Waals surface area contributed by atoms with E-state index in [9.17, 15) is 14.4 Å². The molecule has 0 aliphatic rings. The monoisotopic (exact) mass is 355 g/mol. The lowest BCUT2D eigenvalue weighted by atomic mass is 10.0. The Labute approximate surface area is 151 Å². The molecule has 3 amide bonds. The Bertz CT molecular complexity index is 759. The van der Waals surface area contributed by atoms with E-state index in [0.29, 0.717) is 5.56 Å². The van der Waals surface area contributed by atoms with Crippen LogP contribution in [0.15, 0.2) is 54.6 Å². The van der Waals surface area contributed by atoms with Crippen LogP contribution in [0.3, 0.4) is 0 Å². The molecular formula is C19H21N3O4. The summed E-state index contributed by atoms with van der Waals surface area (Å²) >= 11 is 0. The van der Waals surface area contributed by atoms with Gasteiger partial charge in [0, 0.05) is 19.2 Å². The first-order valence-corrected chi connectivity index (χ1v) is 8.15. The summed E-state index contributed by atoms with van der Waals surface area (Å²) in [6, 6.07) is 15.1. The van der Waals surface area contributed by atoms with Gasteiger partial charge in [0.15, 0.2) is 6.04 Å². The first-order valence-electron chi connectivity index (χ1n) is 8.15. The standard InChI is InChI=1S/C19H21N3O4/c1-3-22(16(17(23)20-2)18(24)21-26)19(25)15-11-9-14(10-12-15)13-7-5-4-6-8-13/h4-12,16,26H,3H2,1-2H3,(H,20,23)(H,21,24). The van der Waals surface area contributed by atoms with Crippen LogP contribution in [0, 0.1) is 0 Å². The van der Waals surface area contributed by atoms with Crippen molar-refractivity contribution < 1.29 is 19.6 Å². The SMILES string of the molecule is CCN(C(=O)c1ccc(-c2ccccc2)cc1)C(C(=O)NC)C(=O)NO. The van der Waals surface area contributed by atoms with Crippen LogP contribution in [-0.2, 0) is 9.59 Å². The van der Waals surface area contributed by atoms with Crippen molar-refractivity contribution >= 4 is 17.7 Å². The van der Waals surface area contributed by atoms with E-state index in [1.165, 1.54) is 12.5 Å². The maximum absolute atomic E-state index is 12.8. The molecule has 0 fully saturated rings. The van der Waals surface area contributed by atoms with Crippen molar-refractivity contribution in [3.8, 4) is 11.1 Å². The molecule has 7 nitrogen and oxygen atoms in total. The van der Waals surface area contributed by atoms with E-state index in [1.54, 1.807) is 31.2 Å². The molecule has 2 aromatic rings. The number of likely N-dealkylation sites (N-methyl/N-ethyl adjacent to an activating group) is 2. The Kier molecular flexibility index (Phi) is 6.46. The highest BCUT2D eigenvalue weighted by atomic mass is 16.5. The molecule has 0 bridgehead atoms. The fourth-order valence-electron chi connectivity index (χ4n) is 2.65. The minimum absolute atomic E-state index is 0.116. The van der Waals surface area contributed by atoms with Crippen LogP contribution >= 0.6 is 0 Å². The minimum Gasteiger partial charge on any atom is -0.357 e. The number of carbonyl (C=O) groups is 3. The Balaban J connectivity index is 2.29. The average molecular weight is 355 g/mol. The van der Waals surface area contributed by atoms with Gasteiger partial charge in [0.25, 0.3) is 17.7 Å². The van der Waals surface area contributed by atoms with Crippen molar-refractivity contribution in [1.29, 1.82) is 0 Å². The van der Waals surface area contributed by atoms with Crippen LogP contribution < -0.4 is 10.8 Å². The van der Waals surface area contributed by atoms with Crippen LogP contribution in [0.1, 0.15) is 17.3 Å². The van der Waals surface area contributed by atoms with Gasteiger partial charge in [-0.05, 0) is 30.2 Å². The number of hydrogen-bond donors (Lipinski definition) is 3. The second kappa shape index (κ2) is 8.77. The quantitative estimate of drug-likeness (QED) is 0.415. The minimum atomic E-state index is -1.46. The van der Waals surface area contributed by atoms with Gasteiger partial charge in [0.2, 0.25) is 0 Å². The molecule has 0 saturated heterocycles. The molecule has 2 rings (SSSR count). The molecule has 0 heterocycles. The highest BCUT2D eigenvalue weighted by molar-refractivity contribution is 6.08. The zero-order valence-corrected chi connectivity index (χ0v) is 14.6. The van der Waals surface area contributed by atoms with Crippen LogP contribution in [-0.4, -0.2) is 47.5 Å². The molecule has 1 atom stereocenters. The molecule has 1 unspecified atom stereocenters. The second-order valence-corrected chi connectivity index (χ2v) is 5.53. The summed E-state index contributed by atoms with van der Waals surface area (Å²) in [4.78, 5) is 37.8. The first-order chi connectivity index (χ1) is 12.5. The predicted octanol–water partition coefficient (Wildman–Crippen LogP) is 1.44. The van der Waals surface area contributed by atoms with E-state index >= 15 is 0 Å². The molecule has 7 heteroatoms. The molecule has 136 valence electrons. The Morgan fingerprint density at radius 1 is 0.962 bits per heavy atom. The van der Waals surface area contributed by atoms with Gasteiger partial charge >= 0.3 is 0 Å². The zero-order valence-electron chi connectivity index (χ0n) is 14.6. The van der Waals surface area contributed by atoms with E-state index in [2.05, 4.69) is 5.32 Å². The smallest absolute Gasteiger partial charge is 0.275 e. The van der Waals surface area contributed by atoms with Gasteiger partial charge in [0.05, 0.1) is 0 Å². The molecule has 2 aromatic carbocycles. The van der Waals surface area contributed by atoms with Gasteiger partial charge in [-0.15, -0.1) is 0 Å². The number of hydrogen-bond acceptors (Lipinski definition) is 4. The Morgan fingerprint density at radius 3 is 2.04 bits per heavy atom. The Morgan fingerprint density at radius 2 is 1.54 bits per heavy atom. The molecule has 0 aromatic heterocycles. The summed E-state index contributed by atoms with van der Waals surface area (Å²) in [6.07, 6.45) is 0. The summed E-state index contributed by atoms with van der Waals surface area (Å²) in [5.74, 6) is -2.14. The Hall–Kier alpha value is -3.19. The summed E-state index contributed by atoms with van der Waals surface area (Å²) < 4.78 is 0. The van der Waals surface area contributed by atoms with Gasteiger partial charge in [-0.1, -0.05) is 42.5 Å². The third-order valence-corrected chi connectivity index (χ3v) is 4.01. The van der Waals surface area contributed by atoms with E-state index in [4.69, 9.17) is 5.21 Å². The largest absolute Gasteiger partial charge is 0.357 e. The summed E-state index contributed by atoms with van der Waals surface area (Å²) in [5.41, 5.74) is 3.74. The molecule has 0 spiro atoms. The third-order valence-electron chi connectivity index (χ3n) is 4.01. The maximum Gasteiger partial charge on any atom is 0.275 e. The highest BCUT2D eigenvalue weighted by Gasteiger charge is 2.35. The number of nitrogens with one attached hydrogen (secondary N) is 2. The topological polar surface area (TPSA) is 98.7 Å². The van der Waals surface area contributed by atoms with Crippen LogP contribution in [0.25, 0.3) is 11.1 Å². The molecule has 0 aliphatic heterocycles. The average Bonchev–Trinajstić information content (AvgIpc) is 2.71. The van der Waals surface area contributed by atoms with E-state index < -0.39 is 23.8 Å². The normalized spacial score (nSPS) is 11.3. The van der Waals surface area contributed by atoms with Crippen molar-refractivity contribution in [3.05, 3.63) is 60.2 Å². The number of carbonyl (C=O) groups excluding carboxylic acids is 3. The number of nitrogens with zero attached hydrogens (tertiary/aromatic N) is 1. The number of hydroxylamine groups is 1. The van der Waals surface area contributed by atoms with E-state index in [1.807, 2.05) is 30.3 Å². The van der Waals surface area contributed by atoms with Gasteiger partial charge in [0.1, 0.15) is 0 Å². The van der Waals surface area contributed by atoms with Crippen molar-refractivity contribution in [2.75, 3.05) is 13.6 Å². The molecule has 0 saturated carbocycles. The zero-order chi connectivity index (χ0) is 19.1.